The summed E-state index contributed by atoms with van der Waals surface area (Å²) in [6.07, 6.45) is 0. The Morgan fingerprint density at radius 2 is 0.622 bits per heavy atom. The van der Waals surface area contributed by atoms with E-state index < -0.39 is 21.4 Å². The number of ether oxygens (including phenoxy) is 6. The molecule has 0 radical (unpaired) electrons. The molecule has 16 heteroatoms. The molecule has 378 valence electrons. The van der Waals surface area contributed by atoms with Crippen LogP contribution in [0.2, 0.25) is 0 Å². The molecular weight excluding hydrogens is 973 g/mol. The Kier molecular flexibility index (Phi) is 21.6. The minimum atomic E-state index is -0.963. The lowest BCUT2D eigenvalue weighted by Gasteiger charge is -2.37. The number of benzene rings is 7. The normalized spacial score (nSPS) is 11.2. The number of carbonyl (C=O) groups is 2. The van der Waals surface area contributed by atoms with E-state index in [-0.39, 0.29) is 90.3 Å². The first kappa shape index (κ1) is 54.4. The van der Waals surface area contributed by atoms with E-state index in [1.165, 1.54) is 23.5 Å². The fourth-order valence-electron chi connectivity index (χ4n) is 8.25. The van der Waals surface area contributed by atoms with E-state index in [4.69, 9.17) is 39.5 Å². The van der Waals surface area contributed by atoms with Crippen LogP contribution >= 0.6 is 23.5 Å². The minimum absolute atomic E-state index is 0.0735. The summed E-state index contributed by atoms with van der Waals surface area (Å²) in [5.74, 6) is -1.24. The smallest absolute Gasteiger partial charge is 0.339 e. The SMILES string of the molecule is [N-]=[N+]=NCCOCCOCCOC(=O)c1cc(SC(c2ccccc2)(c2ccccc2)c2ccccc2)c(C(=O)OCCOCCOCCN=[N+]=[N-])cc1SC(c1ccccc1)(c1ccccc1)c1ccccc1. The Hall–Kier alpha value is -7.36. The molecule has 0 aliphatic heterocycles. The molecule has 0 fully saturated rings. The van der Waals surface area contributed by atoms with Crippen molar-refractivity contribution in [1.29, 1.82) is 0 Å². The van der Waals surface area contributed by atoms with Crippen molar-refractivity contribution in [2.45, 2.75) is 19.3 Å². The van der Waals surface area contributed by atoms with E-state index in [9.17, 15) is 0 Å². The summed E-state index contributed by atoms with van der Waals surface area (Å²) in [7, 11) is 0. The average molecular weight is 1030 g/mol. The van der Waals surface area contributed by atoms with Crippen LogP contribution in [0.5, 0.6) is 0 Å². The van der Waals surface area contributed by atoms with Gasteiger partial charge in [0.05, 0.1) is 73.5 Å². The van der Waals surface area contributed by atoms with Crippen LogP contribution in [0, 0.1) is 0 Å². The number of hydrogen-bond acceptors (Lipinski definition) is 12. The number of carbonyl (C=O) groups excluding carboxylic acids is 2. The van der Waals surface area contributed by atoms with E-state index in [0.29, 0.717) is 9.79 Å². The molecule has 0 heterocycles. The number of azide groups is 2. The molecule has 7 aromatic carbocycles. The van der Waals surface area contributed by atoms with Crippen molar-refractivity contribution in [2.24, 2.45) is 10.2 Å². The Bertz CT molecular complexity index is 2520. The third-order valence-corrected chi connectivity index (χ3v) is 14.7. The van der Waals surface area contributed by atoms with Crippen molar-refractivity contribution >= 4 is 35.5 Å². The summed E-state index contributed by atoms with van der Waals surface area (Å²) < 4.78 is 32.8. The minimum Gasteiger partial charge on any atom is -0.460 e. The van der Waals surface area contributed by atoms with Gasteiger partial charge in [0.15, 0.2) is 0 Å². The number of hydrogen-bond donors (Lipinski definition) is 0. The van der Waals surface area contributed by atoms with E-state index in [1.54, 1.807) is 12.1 Å². The van der Waals surface area contributed by atoms with Crippen molar-refractivity contribution in [2.75, 3.05) is 79.2 Å². The molecule has 0 bridgehead atoms. The van der Waals surface area contributed by atoms with Crippen molar-refractivity contribution in [3.63, 3.8) is 0 Å². The van der Waals surface area contributed by atoms with Gasteiger partial charge in [0.25, 0.3) is 0 Å². The number of rotatable bonds is 30. The van der Waals surface area contributed by atoms with Crippen LogP contribution < -0.4 is 0 Å². The Morgan fingerprint density at radius 1 is 0.378 bits per heavy atom. The summed E-state index contributed by atoms with van der Waals surface area (Å²) in [6, 6.07) is 64.1. The highest BCUT2D eigenvalue weighted by atomic mass is 32.2. The monoisotopic (exact) mass is 1030 g/mol. The predicted molar refractivity (Wildman–Crippen MR) is 288 cm³/mol. The molecule has 0 atom stereocenters. The lowest BCUT2D eigenvalue weighted by Crippen LogP contribution is -2.27. The van der Waals surface area contributed by atoms with Crippen LogP contribution in [0.3, 0.4) is 0 Å². The second-order valence-electron chi connectivity index (χ2n) is 16.2. The summed E-state index contributed by atoms with van der Waals surface area (Å²) in [4.78, 5) is 36.5. The maximum atomic E-state index is 15.0. The molecule has 0 unspecified atom stereocenters. The Morgan fingerprint density at radius 3 is 0.878 bits per heavy atom. The highest BCUT2D eigenvalue weighted by Gasteiger charge is 2.42. The van der Waals surface area contributed by atoms with Crippen LogP contribution in [0.25, 0.3) is 20.9 Å². The van der Waals surface area contributed by atoms with Gasteiger partial charge in [0.2, 0.25) is 0 Å². The molecule has 7 rings (SSSR count). The highest BCUT2D eigenvalue weighted by Crippen LogP contribution is 2.56. The zero-order valence-electron chi connectivity index (χ0n) is 40.7. The van der Waals surface area contributed by atoms with E-state index in [1.807, 2.05) is 109 Å². The van der Waals surface area contributed by atoms with Gasteiger partial charge in [-0.05, 0) is 56.6 Å². The first-order valence-corrected chi connectivity index (χ1v) is 25.7. The molecule has 0 saturated heterocycles. The van der Waals surface area contributed by atoms with E-state index in [0.717, 1.165) is 33.4 Å². The standard InChI is InChI=1S/C58H56N6O8S2/c59-63-61-31-33-67-35-37-69-39-41-71-55(65)51-44-54(74-58(48-25-13-4-14-26-48,49-27-15-5-16-28-49)50-29-17-6-18-30-50)52(56(66)72-42-40-70-38-36-68-34-32-62-64-60)43-53(51)73-57(45-19-7-1-8-20-45,46-21-9-2-10-22-46)47-23-11-3-12-24-47/h1-30,43-44H,31-42H2. The molecule has 74 heavy (non-hydrogen) atoms. The number of nitrogens with zero attached hydrogens (tertiary/aromatic N) is 6. The first-order chi connectivity index (χ1) is 36.5. The molecule has 14 nitrogen and oxygen atoms in total. The highest BCUT2D eigenvalue weighted by molar-refractivity contribution is 8.01. The topological polar surface area (TPSA) is 187 Å². The predicted octanol–water partition coefficient (Wildman–Crippen LogP) is 12.9. The Balaban J connectivity index is 1.37. The molecular formula is C58H56N6O8S2. The number of thioether (sulfide) groups is 2. The maximum Gasteiger partial charge on any atom is 0.339 e. The van der Waals surface area contributed by atoms with Gasteiger partial charge in [0, 0.05) is 32.7 Å². The quantitative estimate of drug-likeness (QED) is 0.00797. The van der Waals surface area contributed by atoms with Gasteiger partial charge in [-0.3, -0.25) is 0 Å². The molecule has 0 aromatic heterocycles. The van der Waals surface area contributed by atoms with E-state index in [2.05, 4.69) is 92.8 Å². The maximum absolute atomic E-state index is 15.0. The molecule has 0 spiro atoms. The van der Waals surface area contributed by atoms with Crippen molar-refractivity contribution < 1.29 is 38.0 Å². The van der Waals surface area contributed by atoms with Gasteiger partial charge in [-0.1, -0.05) is 192 Å². The van der Waals surface area contributed by atoms with Crippen molar-refractivity contribution in [3.8, 4) is 0 Å². The zero-order valence-corrected chi connectivity index (χ0v) is 42.4. The van der Waals surface area contributed by atoms with Crippen LogP contribution in [0.15, 0.2) is 214 Å². The van der Waals surface area contributed by atoms with Crippen LogP contribution in [0.1, 0.15) is 54.1 Å². The van der Waals surface area contributed by atoms with Crippen LogP contribution in [-0.2, 0) is 37.9 Å². The van der Waals surface area contributed by atoms with Crippen LogP contribution in [-0.4, -0.2) is 91.1 Å². The second kappa shape index (κ2) is 29.4. The third-order valence-electron chi connectivity index (χ3n) is 11.6. The summed E-state index contributed by atoms with van der Waals surface area (Å²) in [5, 5.41) is 6.96. The largest absolute Gasteiger partial charge is 0.460 e. The van der Waals surface area contributed by atoms with Gasteiger partial charge in [0.1, 0.15) is 13.2 Å². The van der Waals surface area contributed by atoms with Crippen molar-refractivity contribution in [1.82, 2.24) is 0 Å². The summed E-state index contributed by atoms with van der Waals surface area (Å²) in [6.45, 7) is 1.97. The summed E-state index contributed by atoms with van der Waals surface area (Å²) in [5.41, 5.74) is 23.2. The van der Waals surface area contributed by atoms with Gasteiger partial charge in [-0.15, -0.1) is 23.5 Å². The second-order valence-corrected chi connectivity index (χ2v) is 18.8. The molecule has 0 aliphatic rings. The lowest BCUT2D eigenvalue weighted by atomic mass is 9.84. The molecule has 0 aliphatic carbocycles. The molecule has 7 aromatic rings. The van der Waals surface area contributed by atoms with Gasteiger partial charge in [-0.25, -0.2) is 9.59 Å². The molecule has 0 N–H and O–H groups in total. The van der Waals surface area contributed by atoms with Gasteiger partial charge >= 0.3 is 11.9 Å². The average Bonchev–Trinajstić information content (AvgIpc) is 3.47. The van der Waals surface area contributed by atoms with Gasteiger partial charge in [-0.2, -0.15) is 0 Å². The van der Waals surface area contributed by atoms with Gasteiger partial charge < -0.3 is 28.4 Å². The fraction of sp³-hybridized carbons (Fsp3) is 0.241. The van der Waals surface area contributed by atoms with E-state index >= 15 is 9.59 Å². The van der Waals surface area contributed by atoms with Crippen molar-refractivity contribution in [3.05, 3.63) is 260 Å². The van der Waals surface area contributed by atoms with Crippen LogP contribution in [0.4, 0.5) is 0 Å². The first-order valence-electron chi connectivity index (χ1n) is 24.1. The zero-order chi connectivity index (χ0) is 51.5. The Labute approximate surface area is 439 Å². The number of esters is 2. The molecule has 0 saturated carbocycles. The third kappa shape index (κ3) is 14.4. The molecule has 0 amide bonds. The fourth-order valence-corrected chi connectivity index (χ4v) is 11.3. The lowest BCUT2D eigenvalue weighted by molar-refractivity contribution is 0.0147. The summed E-state index contributed by atoms with van der Waals surface area (Å²) >= 11 is 2.88.